The second kappa shape index (κ2) is 11.9. The SMILES string of the molecule is CN(C)CC1=C(C2=C(CN(C)C)[C@@]3(C)CP2(=O)C(c2ccccc2)=C3c2ccccc2)P2(=O)C[C@]1(C)C(c1ccccc1)=C2c1ccccc1. The zero-order valence-electron chi connectivity index (χ0n) is 30.0. The van der Waals surface area contributed by atoms with Crippen LogP contribution in [0.15, 0.2) is 143 Å². The maximum Gasteiger partial charge on any atom is 0.146 e. The summed E-state index contributed by atoms with van der Waals surface area (Å²) in [5.41, 5.74) is 7.96. The van der Waals surface area contributed by atoms with Crippen molar-refractivity contribution in [2.24, 2.45) is 10.8 Å². The molecule has 4 aliphatic heterocycles. The number of likely N-dealkylation sites (N-methyl/N-ethyl adjacent to an activating group) is 2. The van der Waals surface area contributed by atoms with Gasteiger partial charge in [-0.05, 0) is 72.7 Å². The van der Waals surface area contributed by atoms with Crippen molar-refractivity contribution < 1.29 is 9.13 Å². The molecule has 8 rings (SSSR count). The van der Waals surface area contributed by atoms with Crippen LogP contribution in [0.25, 0.3) is 21.8 Å². The lowest BCUT2D eigenvalue weighted by Crippen LogP contribution is -2.30. The average Bonchev–Trinajstić information content (AvgIpc) is 3.67. The van der Waals surface area contributed by atoms with Gasteiger partial charge in [0, 0.05) is 57.5 Å². The van der Waals surface area contributed by atoms with Gasteiger partial charge in [0.2, 0.25) is 0 Å². The summed E-state index contributed by atoms with van der Waals surface area (Å²) >= 11 is 0. The van der Waals surface area contributed by atoms with E-state index in [4.69, 9.17) is 0 Å². The van der Waals surface area contributed by atoms with Crippen molar-refractivity contribution in [3.63, 3.8) is 0 Å². The van der Waals surface area contributed by atoms with Gasteiger partial charge in [-0.3, -0.25) is 0 Å². The summed E-state index contributed by atoms with van der Waals surface area (Å²) in [4.78, 5) is 4.42. The summed E-state index contributed by atoms with van der Waals surface area (Å²) in [5.74, 6) is 0. The number of nitrogens with zero attached hydrogens (tertiary/aromatic N) is 2. The third-order valence-corrected chi connectivity index (χ3v) is 18.6. The standard InChI is InChI=1S/C44H46N2O2P2/c1-43-29-49(47,39(33-23-15-9-16-24-33)37(43)31-19-11-7-12-20-31)41(35(43)27-45(3)4)42-36(28-46(5)6)44(2)30-50(42,48)40(34-25-17-10-18-26-34)38(44)32-21-13-8-14-22-32/h7-26H,27-30H2,1-6H3/t43-,44+,49?,50?. The van der Waals surface area contributed by atoms with E-state index in [1.165, 1.54) is 22.3 Å². The third-order valence-electron chi connectivity index (χ3n) is 11.4. The van der Waals surface area contributed by atoms with Gasteiger partial charge in [0.05, 0.1) is 0 Å². The molecule has 4 aromatic rings. The molecule has 4 nitrogen and oxygen atoms in total. The highest BCUT2D eigenvalue weighted by molar-refractivity contribution is 7.85. The molecule has 0 fully saturated rings. The number of rotatable bonds is 9. The fourth-order valence-corrected chi connectivity index (χ4v) is 19.3. The first-order chi connectivity index (χ1) is 23.9. The molecule has 4 atom stereocenters. The molecule has 4 aliphatic rings. The van der Waals surface area contributed by atoms with Crippen LogP contribution in [0.2, 0.25) is 0 Å². The molecule has 4 aromatic carbocycles. The maximum absolute atomic E-state index is 16.7. The van der Waals surface area contributed by atoms with Crippen LogP contribution in [0.1, 0.15) is 36.1 Å². The first-order valence-electron chi connectivity index (χ1n) is 17.6. The van der Waals surface area contributed by atoms with Gasteiger partial charge in [0.25, 0.3) is 0 Å². The Morgan fingerprint density at radius 3 is 1.02 bits per heavy atom. The molecule has 4 bridgehead atoms. The van der Waals surface area contributed by atoms with Gasteiger partial charge in [-0.15, -0.1) is 0 Å². The third kappa shape index (κ3) is 4.72. The fourth-order valence-electron chi connectivity index (χ4n) is 9.70. The average molecular weight is 697 g/mol. The minimum Gasteiger partial charge on any atom is -0.314 e. The highest BCUT2D eigenvalue weighted by Crippen LogP contribution is 2.92. The molecule has 0 amide bonds. The van der Waals surface area contributed by atoms with E-state index in [0.29, 0.717) is 25.4 Å². The van der Waals surface area contributed by atoms with Crippen LogP contribution < -0.4 is 0 Å². The molecule has 6 heteroatoms. The Morgan fingerprint density at radius 2 is 0.740 bits per heavy atom. The molecule has 0 N–H and O–H groups in total. The Kier molecular flexibility index (Phi) is 7.94. The first kappa shape index (κ1) is 33.4. The second-order valence-corrected chi connectivity index (χ2v) is 20.9. The predicted octanol–water partition coefficient (Wildman–Crippen LogP) is 10.5. The van der Waals surface area contributed by atoms with Crippen molar-refractivity contribution in [1.82, 2.24) is 9.80 Å². The normalized spacial score (nSPS) is 28.7. The molecule has 0 saturated carbocycles. The van der Waals surface area contributed by atoms with Gasteiger partial charge in [0.1, 0.15) is 14.3 Å². The minimum absolute atomic E-state index is 0.486. The highest BCUT2D eigenvalue weighted by Gasteiger charge is 2.67. The van der Waals surface area contributed by atoms with Crippen LogP contribution in [-0.4, -0.2) is 63.4 Å². The molecular weight excluding hydrogens is 650 g/mol. The van der Waals surface area contributed by atoms with Gasteiger partial charge in [-0.25, -0.2) is 0 Å². The summed E-state index contributed by atoms with van der Waals surface area (Å²) in [6, 6.07) is 41.9. The quantitative estimate of drug-likeness (QED) is 0.163. The predicted molar refractivity (Wildman–Crippen MR) is 212 cm³/mol. The Balaban J connectivity index is 1.48. The molecule has 0 aromatic heterocycles. The van der Waals surface area contributed by atoms with E-state index in [2.05, 4.69) is 149 Å². The van der Waals surface area contributed by atoms with Crippen LogP contribution in [0, 0.1) is 10.8 Å². The van der Waals surface area contributed by atoms with Crippen molar-refractivity contribution in [2.45, 2.75) is 13.8 Å². The van der Waals surface area contributed by atoms with Gasteiger partial charge in [-0.1, -0.05) is 135 Å². The van der Waals surface area contributed by atoms with E-state index < -0.39 is 25.1 Å². The van der Waals surface area contributed by atoms with E-state index in [9.17, 15) is 0 Å². The van der Waals surface area contributed by atoms with Crippen molar-refractivity contribution in [1.29, 1.82) is 0 Å². The van der Waals surface area contributed by atoms with Crippen LogP contribution in [0.3, 0.4) is 0 Å². The van der Waals surface area contributed by atoms with E-state index in [1.54, 1.807) is 0 Å². The first-order valence-corrected chi connectivity index (χ1v) is 21.4. The van der Waals surface area contributed by atoms with E-state index >= 15 is 9.13 Å². The lowest BCUT2D eigenvalue weighted by Gasteiger charge is -2.38. The zero-order chi connectivity index (χ0) is 35.1. The van der Waals surface area contributed by atoms with E-state index in [-0.39, 0.29) is 0 Å². The van der Waals surface area contributed by atoms with Gasteiger partial charge in [0.15, 0.2) is 0 Å². The number of hydrogen-bond acceptors (Lipinski definition) is 4. The number of fused-ring (bicyclic) bond motifs is 4. The van der Waals surface area contributed by atoms with Crippen molar-refractivity contribution in [2.75, 3.05) is 53.6 Å². The van der Waals surface area contributed by atoms with Gasteiger partial charge in [-0.2, -0.15) is 0 Å². The summed E-state index contributed by atoms with van der Waals surface area (Å²) in [6.07, 6.45) is 1.05. The van der Waals surface area contributed by atoms with Crippen molar-refractivity contribution >= 4 is 36.1 Å². The summed E-state index contributed by atoms with van der Waals surface area (Å²) in [6.45, 7) is 5.92. The number of hydrogen-bond donors (Lipinski definition) is 0. The molecule has 254 valence electrons. The lowest BCUT2D eigenvalue weighted by molar-refractivity contribution is 0.410. The fraction of sp³-hybridized carbons (Fsp3) is 0.273. The smallest absolute Gasteiger partial charge is 0.146 e. The Morgan fingerprint density at radius 1 is 0.460 bits per heavy atom. The van der Waals surface area contributed by atoms with Crippen LogP contribution >= 0.6 is 14.3 Å². The highest BCUT2D eigenvalue weighted by atomic mass is 31.2. The molecule has 4 heterocycles. The van der Waals surface area contributed by atoms with Crippen molar-refractivity contribution in [3.8, 4) is 0 Å². The molecule has 0 aliphatic carbocycles. The Bertz CT molecular complexity index is 2070. The monoisotopic (exact) mass is 696 g/mol. The van der Waals surface area contributed by atoms with E-state index in [0.717, 1.165) is 43.5 Å². The Hall–Kier alpha value is -3.78. The minimum atomic E-state index is -3.30. The van der Waals surface area contributed by atoms with Crippen LogP contribution in [0.5, 0.6) is 0 Å². The topological polar surface area (TPSA) is 40.6 Å². The lowest BCUT2D eigenvalue weighted by atomic mass is 9.71. The second-order valence-electron chi connectivity index (χ2n) is 15.5. The number of allylic oxidation sites excluding steroid dienone is 4. The summed E-state index contributed by atoms with van der Waals surface area (Å²) in [5, 5.41) is 3.74. The molecule has 0 radical (unpaired) electrons. The molecule has 2 unspecified atom stereocenters. The molecule has 50 heavy (non-hydrogen) atoms. The van der Waals surface area contributed by atoms with Crippen LogP contribution in [-0.2, 0) is 9.13 Å². The summed E-state index contributed by atoms with van der Waals surface area (Å²) < 4.78 is 33.4. The van der Waals surface area contributed by atoms with Gasteiger partial charge >= 0.3 is 0 Å². The molecule has 0 spiro atoms. The van der Waals surface area contributed by atoms with Crippen molar-refractivity contribution in [3.05, 3.63) is 165 Å². The van der Waals surface area contributed by atoms with Crippen LogP contribution in [0.4, 0.5) is 0 Å². The van der Waals surface area contributed by atoms with E-state index in [1.807, 2.05) is 24.3 Å². The number of benzene rings is 4. The summed E-state index contributed by atoms with van der Waals surface area (Å²) in [7, 11) is 1.80. The zero-order valence-corrected chi connectivity index (χ0v) is 31.8. The van der Waals surface area contributed by atoms with Gasteiger partial charge < -0.3 is 18.9 Å². The molecular formula is C44H46N2O2P2. The molecule has 0 saturated heterocycles. The largest absolute Gasteiger partial charge is 0.314 e. The maximum atomic E-state index is 16.7. The Labute approximate surface area is 297 Å².